The van der Waals surface area contributed by atoms with Gasteiger partial charge in [0.05, 0.1) is 17.0 Å². The average Bonchev–Trinajstić information content (AvgIpc) is 2.38. The Labute approximate surface area is 105 Å². The first-order valence-corrected chi connectivity index (χ1v) is 5.86. The average molecular weight is 237 g/mol. The minimum atomic E-state index is 0.216. The van der Waals surface area contributed by atoms with Crippen LogP contribution >= 0.6 is 0 Å². The zero-order valence-electron chi connectivity index (χ0n) is 10.1. The number of hydrogen-bond acceptors (Lipinski definition) is 1. The van der Waals surface area contributed by atoms with E-state index in [0.717, 1.165) is 16.7 Å². The Kier molecular flexibility index (Phi) is 2.49. The van der Waals surface area contributed by atoms with Gasteiger partial charge in [-0.25, -0.2) is 4.42 Å². The zero-order valence-corrected chi connectivity index (χ0v) is 10.1. The summed E-state index contributed by atoms with van der Waals surface area (Å²) in [6.07, 6.45) is 0. The van der Waals surface area contributed by atoms with E-state index in [-0.39, 0.29) is 5.75 Å². The summed E-state index contributed by atoms with van der Waals surface area (Å²) in [6.45, 7) is 2.05. The molecule has 0 aliphatic carbocycles. The topological polar surface area (TPSA) is 31.5 Å². The van der Waals surface area contributed by atoms with Gasteiger partial charge in [-0.05, 0) is 36.8 Å². The SMILES string of the molecule is Cc1ccccc1-c1ccc2ccc(O)cc2[o+]1. The van der Waals surface area contributed by atoms with Crippen LogP contribution in [0.15, 0.2) is 59.0 Å². The molecule has 3 aromatic rings. The van der Waals surface area contributed by atoms with Gasteiger partial charge in [0.15, 0.2) is 0 Å². The van der Waals surface area contributed by atoms with E-state index < -0.39 is 0 Å². The third-order valence-electron chi connectivity index (χ3n) is 3.04. The lowest BCUT2D eigenvalue weighted by atomic mass is 10.1. The standard InChI is InChI=1S/C16H12O2/c1-11-4-2-3-5-14(11)15-9-7-12-6-8-13(17)10-16(12)18-15/h2-10H,1H3/p+1. The summed E-state index contributed by atoms with van der Waals surface area (Å²) in [6, 6.07) is 17.2. The minimum Gasteiger partial charge on any atom is -0.508 e. The van der Waals surface area contributed by atoms with E-state index in [0.29, 0.717) is 5.58 Å². The van der Waals surface area contributed by atoms with Gasteiger partial charge in [-0.2, -0.15) is 0 Å². The van der Waals surface area contributed by atoms with Crippen molar-refractivity contribution in [2.24, 2.45) is 0 Å². The molecule has 1 N–H and O–H groups in total. The predicted molar refractivity (Wildman–Crippen MR) is 72.5 cm³/mol. The number of fused-ring (bicyclic) bond motifs is 1. The minimum absolute atomic E-state index is 0.216. The lowest BCUT2D eigenvalue weighted by molar-refractivity contribution is 0.474. The highest BCUT2D eigenvalue weighted by Crippen LogP contribution is 2.28. The van der Waals surface area contributed by atoms with Gasteiger partial charge in [-0.15, -0.1) is 0 Å². The number of aryl methyl sites for hydroxylation is 1. The van der Waals surface area contributed by atoms with E-state index in [1.807, 2.05) is 36.4 Å². The van der Waals surface area contributed by atoms with E-state index in [1.54, 1.807) is 12.1 Å². The smallest absolute Gasteiger partial charge is 0.364 e. The van der Waals surface area contributed by atoms with Crippen LogP contribution in [0.2, 0.25) is 0 Å². The summed E-state index contributed by atoms with van der Waals surface area (Å²) < 4.78 is 5.85. The van der Waals surface area contributed by atoms with Crippen molar-refractivity contribution in [3.05, 3.63) is 60.2 Å². The van der Waals surface area contributed by atoms with E-state index in [4.69, 9.17) is 4.42 Å². The fourth-order valence-corrected chi connectivity index (χ4v) is 2.06. The van der Waals surface area contributed by atoms with Crippen molar-refractivity contribution < 1.29 is 9.52 Å². The highest BCUT2D eigenvalue weighted by Gasteiger charge is 2.16. The third kappa shape index (κ3) is 1.82. The Hall–Kier alpha value is -2.35. The van der Waals surface area contributed by atoms with Crippen LogP contribution in [0, 0.1) is 6.92 Å². The van der Waals surface area contributed by atoms with Gasteiger partial charge in [0.2, 0.25) is 0 Å². The summed E-state index contributed by atoms with van der Waals surface area (Å²) in [5.41, 5.74) is 2.93. The molecule has 0 atom stereocenters. The maximum absolute atomic E-state index is 9.49. The Bertz CT molecular complexity index is 717. The largest absolute Gasteiger partial charge is 0.508 e. The molecule has 18 heavy (non-hydrogen) atoms. The number of phenols is 1. The first-order valence-electron chi connectivity index (χ1n) is 5.86. The Morgan fingerprint density at radius 2 is 1.72 bits per heavy atom. The first-order chi connectivity index (χ1) is 8.74. The van der Waals surface area contributed by atoms with Gasteiger partial charge < -0.3 is 5.11 Å². The first kappa shape index (κ1) is 10.8. The number of rotatable bonds is 1. The van der Waals surface area contributed by atoms with Gasteiger partial charge in [0.25, 0.3) is 0 Å². The van der Waals surface area contributed by atoms with Gasteiger partial charge in [0, 0.05) is 6.07 Å². The molecule has 88 valence electrons. The van der Waals surface area contributed by atoms with Gasteiger partial charge in [0.1, 0.15) is 5.75 Å². The van der Waals surface area contributed by atoms with Crippen LogP contribution in [0.1, 0.15) is 5.56 Å². The van der Waals surface area contributed by atoms with Crippen LogP contribution in [0.5, 0.6) is 5.75 Å². The van der Waals surface area contributed by atoms with Crippen LogP contribution < -0.4 is 0 Å². The van der Waals surface area contributed by atoms with E-state index >= 15 is 0 Å². The lowest BCUT2D eigenvalue weighted by Gasteiger charge is -1.97. The second kappa shape index (κ2) is 4.15. The van der Waals surface area contributed by atoms with Gasteiger partial charge in [-0.3, -0.25) is 0 Å². The number of phenolic OH excluding ortho intramolecular Hbond substituents is 1. The Balaban J connectivity index is 2.22. The molecule has 1 heterocycles. The molecule has 0 fully saturated rings. The van der Waals surface area contributed by atoms with E-state index in [2.05, 4.69) is 13.0 Å². The molecule has 0 saturated carbocycles. The Morgan fingerprint density at radius 3 is 2.56 bits per heavy atom. The van der Waals surface area contributed by atoms with Crippen molar-refractivity contribution in [1.29, 1.82) is 0 Å². The molecular formula is C16H13O2+. The van der Waals surface area contributed by atoms with Crippen LogP contribution in [-0.4, -0.2) is 5.11 Å². The molecule has 0 unspecified atom stereocenters. The molecule has 0 aliphatic heterocycles. The molecule has 2 nitrogen and oxygen atoms in total. The molecule has 0 spiro atoms. The quantitative estimate of drug-likeness (QED) is 0.636. The lowest BCUT2D eigenvalue weighted by Crippen LogP contribution is -1.83. The monoisotopic (exact) mass is 237 g/mol. The highest BCUT2D eigenvalue weighted by molar-refractivity contribution is 5.80. The van der Waals surface area contributed by atoms with Crippen LogP contribution in [0.25, 0.3) is 22.3 Å². The molecular weight excluding hydrogens is 224 g/mol. The molecule has 0 bridgehead atoms. The van der Waals surface area contributed by atoms with Crippen molar-refractivity contribution in [2.75, 3.05) is 0 Å². The maximum Gasteiger partial charge on any atom is 0.364 e. The van der Waals surface area contributed by atoms with Crippen molar-refractivity contribution in [2.45, 2.75) is 6.92 Å². The normalized spacial score (nSPS) is 10.7. The van der Waals surface area contributed by atoms with E-state index in [1.165, 1.54) is 5.56 Å². The fourth-order valence-electron chi connectivity index (χ4n) is 2.06. The van der Waals surface area contributed by atoms with Crippen molar-refractivity contribution in [3.63, 3.8) is 0 Å². The molecule has 2 heteroatoms. The molecule has 0 radical (unpaired) electrons. The number of hydrogen-bond donors (Lipinski definition) is 1. The molecule has 3 rings (SSSR count). The second-order valence-corrected chi connectivity index (χ2v) is 4.34. The van der Waals surface area contributed by atoms with Crippen molar-refractivity contribution in [3.8, 4) is 17.1 Å². The summed E-state index contributed by atoms with van der Waals surface area (Å²) in [5.74, 6) is 1.03. The van der Waals surface area contributed by atoms with E-state index in [9.17, 15) is 5.11 Å². The van der Waals surface area contributed by atoms with Crippen LogP contribution in [-0.2, 0) is 0 Å². The number of aromatic hydroxyl groups is 1. The summed E-state index contributed by atoms with van der Waals surface area (Å²) in [7, 11) is 0. The highest BCUT2D eigenvalue weighted by atomic mass is 16.3. The van der Waals surface area contributed by atoms with Gasteiger partial charge >= 0.3 is 11.3 Å². The number of benzene rings is 2. The molecule has 2 aromatic carbocycles. The molecule has 0 amide bonds. The summed E-state index contributed by atoms with van der Waals surface area (Å²) in [5, 5.41) is 10.5. The Morgan fingerprint density at radius 1 is 0.944 bits per heavy atom. The van der Waals surface area contributed by atoms with Crippen molar-refractivity contribution in [1.82, 2.24) is 0 Å². The fraction of sp³-hybridized carbons (Fsp3) is 0.0625. The summed E-state index contributed by atoms with van der Waals surface area (Å²) >= 11 is 0. The summed E-state index contributed by atoms with van der Waals surface area (Å²) in [4.78, 5) is 0. The maximum atomic E-state index is 9.49. The second-order valence-electron chi connectivity index (χ2n) is 4.34. The third-order valence-corrected chi connectivity index (χ3v) is 3.04. The molecule has 0 aliphatic rings. The van der Waals surface area contributed by atoms with Crippen LogP contribution in [0.4, 0.5) is 0 Å². The van der Waals surface area contributed by atoms with Gasteiger partial charge in [-0.1, -0.05) is 18.2 Å². The van der Waals surface area contributed by atoms with Crippen LogP contribution in [0.3, 0.4) is 0 Å². The van der Waals surface area contributed by atoms with Crippen molar-refractivity contribution >= 4 is 11.0 Å². The molecule has 1 aromatic heterocycles. The predicted octanol–water partition coefficient (Wildman–Crippen LogP) is 4.39. The molecule has 0 saturated heterocycles. The zero-order chi connectivity index (χ0) is 12.5.